The van der Waals surface area contributed by atoms with E-state index in [0.29, 0.717) is 36.6 Å². The van der Waals surface area contributed by atoms with Crippen molar-refractivity contribution in [3.63, 3.8) is 0 Å². The molecule has 0 aliphatic carbocycles. The van der Waals surface area contributed by atoms with Gasteiger partial charge in [-0.15, -0.1) is 0 Å². The highest BCUT2D eigenvalue weighted by Gasteiger charge is 2.34. The molecule has 0 bridgehead atoms. The minimum absolute atomic E-state index is 0.0238. The number of rotatable bonds is 5. The average molecular weight is 411 g/mol. The quantitative estimate of drug-likeness (QED) is 0.821. The topological polar surface area (TPSA) is 84.3 Å². The van der Waals surface area contributed by atoms with Gasteiger partial charge in [-0.25, -0.2) is 13.4 Å². The van der Waals surface area contributed by atoms with Crippen molar-refractivity contribution >= 4 is 33.2 Å². The minimum Gasteiger partial charge on any atom is -0.336 e. The third-order valence-electron chi connectivity index (χ3n) is 4.77. The number of aromatic nitrogens is 2. The number of amides is 1. The van der Waals surface area contributed by atoms with Crippen molar-refractivity contribution in [2.45, 2.75) is 38.3 Å². The SMILES string of the molecule is CCn1cnc(S(=O)(=O)N2CCC[C@H](C(=O)Nc3ccc(C)c(Cl)c3)C2)c1. The van der Waals surface area contributed by atoms with Crippen molar-refractivity contribution in [2.24, 2.45) is 5.92 Å². The van der Waals surface area contributed by atoms with Crippen LogP contribution >= 0.6 is 11.6 Å². The van der Waals surface area contributed by atoms with Gasteiger partial charge in [0.1, 0.15) is 0 Å². The number of anilines is 1. The Labute approximate surface area is 164 Å². The predicted octanol–water partition coefficient (Wildman–Crippen LogP) is 2.90. The maximum absolute atomic E-state index is 12.8. The standard InChI is InChI=1S/C18H23ClN4O3S/c1-3-22-11-17(20-12-22)27(25,26)23-8-4-5-14(10-23)18(24)21-15-7-6-13(2)16(19)9-15/h6-7,9,11-12,14H,3-5,8,10H2,1-2H3,(H,21,24)/t14-/m0/s1. The van der Waals surface area contributed by atoms with Crippen LogP contribution in [-0.4, -0.2) is 41.3 Å². The molecule has 7 nitrogen and oxygen atoms in total. The Bertz CT molecular complexity index is 942. The molecule has 146 valence electrons. The number of carbonyl (C=O) groups excluding carboxylic acids is 1. The summed E-state index contributed by atoms with van der Waals surface area (Å²) in [7, 11) is -3.70. The van der Waals surface area contributed by atoms with Gasteiger partial charge >= 0.3 is 0 Å². The molecule has 1 saturated heterocycles. The molecule has 1 amide bonds. The van der Waals surface area contributed by atoms with E-state index in [4.69, 9.17) is 11.6 Å². The van der Waals surface area contributed by atoms with Crippen molar-refractivity contribution in [1.29, 1.82) is 0 Å². The van der Waals surface area contributed by atoms with E-state index in [1.807, 2.05) is 19.9 Å². The Kier molecular flexibility index (Phi) is 5.88. The van der Waals surface area contributed by atoms with Gasteiger partial charge in [-0.1, -0.05) is 17.7 Å². The predicted molar refractivity (Wildman–Crippen MR) is 104 cm³/mol. The molecule has 9 heteroatoms. The minimum atomic E-state index is -3.70. The smallest absolute Gasteiger partial charge is 0.262 e. The van der Waals surface area contributed by atoms with Crippen LogP contribution in [0.25, 0.3) is 0 Å². The van der Waals surface area contributed by atoms with Gasteiger partial charge in [0.2, 0.25) is 5.91 Å². The number of sulfonamides is 1. The van der Waals surface area contributed by atoms with Crippen LogP contribution < -0.4 is 5.32 Å². The van der Waals surface area contributed by atoms with Gasteiger partial charge in [-0.05, 0) is 44.4 Å². The number of carbonyl (C=O) groups is 1. The van der Waals surface area contributed by atoms with Crippen molar-refractivity contribution in [3.05, 3.63) is 41.3 Å². The number of imidazole rings is 1. The number of nitrogens with one attached hydrogen (secondary N) is 1. The second-order valence-corrected chi connectivity index (χ2v) is 8.99. The lowest BCUT2D eigenvalue weighted by atomic mass is 9.98. The average Bonchev–Trinajstić information content (AvgIpc) is 3.15. The second-order valence-electron chi connectivity index (χ2n) is 6.70. The number of piperidine rings is 1. The zero-order valence-corrected chi connectivity index (χ0v) is 16.9. The lowest BCUT2D eigenvalue weighted by Crippen LogP contribution is -2.43. The summed E-state index contributed by atoms with van der Waals surface area (Å²) in [5.74, 6) is -0.615. The molecule has 1 fully saturated rings. The number of halogens is 1. The largest absolute Gasteiger partial charge is 0.336 e. The summed E-state index contributed by atoms with van der Waals surface area (Å²) in [6.07, 6.45) is 4.29. The first-order chi connectivity index (χ1) is 12.8. The molecule has 1 aromatic heterocycles. The van der Waals surface area contributed by atoms with Gasteiger partial charge in [-0.3, -0.25) is 4.79 Å². The van der Waals surface area contributed by atoms with Crippen molar-refractivity contribution in [1.82, 2.24) is 13.9 Å². The maximum Gasteiger partial charge on any atom is 0.262 e. The zero-order chi connectivity index (χ0) is 19.6. The number of hydrogen-bond donors (Lipinski definition) is 1. The Balaban J connectivity index is 1.71. The molecule has 1 atom stereocenters. The molecule has 27 heavy (non-hydrogen) atoms. The first kappa shape index (κ1) is 19.9. The van der Waals surface area contributed by atoms with E-state index in [2.05, 4.69) is 10.3 Å². The molecule has 1 N–H and O–H groups in total. The van der Waals surface area contributed by atoms with E-state index in [0.717, 1.165) is 5.56 Å². The lowest BCUT2D eigenvalue weighted by Gasteiger charge is -2.30. The van der Waals surface area contributed by atoms with Gasteiger partial charge < -0.3 is 9.88 Å². The number of nitrogens with zero attached hydrogens (tertiary/aromatic N) is 3. The van der Waals surface area contributed by atoms with Crippen LogP contribution in [0, 0.1) is 12.8 Å². The van der Waals surface area contributed by atoms with Crippen molar-refractivity contribution in [3.8, 4) is 0 Å². The van der Waals surface area contributed by atoms with Gasteiger partial charge in [0, 0.05) is 36.5 Å². The van der Waals surface area contributed by atoms with Crippen LogP contribution in [0.15, 0.2) is 35.7 Å². The molecule has 3 rings (SSSR count). The monoisotopic (exact) mass is 410 g/mol. The van der Waals surface area contributed by atoms with Gasteiger partial charge in [-0.2, -0.15) is 4.31 Å². The van der Waals surface area contributed by atoms with Crippen LogP contribution in [0.3, 0.4) is 0 Å². The van der Waals surface area contributed by atoms with Crippen LogP contribution in [0.2, 0.25) is 5.02 Å². The summed E-state index contributed by atoms with van der Waals surface area (Å²) < 4.78 is 28.7. The van der Waals surface area contributed by atoms with Gasteiger partial charge in [0.15, 0.2) is 5.03 Å². The van der Waals surface area contributed by atoms with E-state index in [1.54, 1.807) is 16.7 Å². The number of benzene rings is 1. The summed E-state index contributed by atoms with van der Waals surface area (Å²) in [6.45, 7) is 4.98. The Morgan fingerprint density at radius 1 is 1.41 bits per heavy atom. The van der Waals surface area contributed by atoms with E-state index in [9.17, 15) is 13.2 Å². The molecule has 2 aromatic rings. The van der Waals surface area contributed by atoms with Gasteiger partial charge in [0.25, 0.3) is 10.0 Å². The molecular formula is C18H23ClN4O3S. The maximum atomic E-state index is 12.8. The van der Waals surface area contributed by atoms with Gasteiger partial charge in [0.05, 0.1) is 12.2 Å². The summed E-state index contributed by atoms with van der Waals surface area (Å²) in [4.78, 5) is 16.6. The van der Waals surface area contributed by atoms with Crippen LogP contribution in [0.4, 0.5) is 5.69 Å². The highest BCUT2D eigenvalue weighted by Crippen LogP contribution is 2.25. The fourth-order valence-electron chi connectivity index (χ4n) is 3.07. The highest BCUT2D eigenvalue weighted by molar-refractivity contribution is 7.89. The molecule has 1 aromatic carbocycles. The Hall–Kier alpha value is -1.90. The third kappa shape index (κ3) is 4.34. The van der Waals surface area contributed by atoms with E-state index in [-0.39, 0.29) is 17.5 Å². The zero-order valence-electron chi connectivity index (χ0n) is 15.4. The molecule has 0 saturated carbocycles. The molecule has 0 spiro atoms. The summed E-state index contributed by atoms with van der Waals surface area (Å²) in [5, 5.41) is 3.44. The van der Waals surface area contributed by atoms with Crippen molar-refractivity contribution < 1.29 is 13.2 Å². The van der Waals surface area contributed by atoms with E-state index >= 15 is 0 Å². The van der Waals surface area contributed by atoms with E-state index in [1.165, 1.54) is 16.8 Å². The fraction of sp³-hybridized carbons (Fsp3) is 0.444. The Morgan fingerprint density at radius 2 is 2.19 bits per heavy atom. The second kappa shape index (κ2) is 8.00. The summed E-state index contributed by atoms with van der Waals surface area (Å²) in [6, 6.07) is 5.32. The lowest BCUT2D eigenvalue weighted by molar-refractivity contribution is -0.120. The number of hydrogen-bond acceptors (Lipinski definition) is 4. The third-order valence-corrected chi connectivity index (χ3v) is 6.93. The molecule has 1 aliphatic rings. The molecule has 0 unspecified atom stereocenters. The Morgan fingerprint density at radius 3 is 2.85 bits per heavy atom. The van der Waals surface area contributed by atoms with Crippen LogP contribution in [-0.2, 0) is 21.4 Å². The summed E-state index contributed by atoms with van der Waals surface area (Å²) in [5.41, 5.74) is 1.54. The molecule has 2 heterocycles. The molecular weight excluding hydrogens is 388 g/mol. The van der Waals surface area contributed by atoms with Crippen LogP contribution in [0.5, 0.6) is 0 Å². The molecule has 0 radical (unpaired) electrons. The first-order valence-corrected chi connectivity index (χ1v) is 10.7. The van der Waals surface area contributed by atoms with Crippen molar-refractivity contribution in [2.75, 3.05) is 18.4 Å². The normalized spacial score (nSPS) is 18.4. The first-order valence-electron chi connectivity index (χ1n) is 8.90. The fourth-order valence-corrected chi connectivity index (χ4v) is 4.71. The number of aryl methyl sites for hydroxylation is 2. The molecule has 1 aliphatic heterocycles. The van der Waals surface area contributed by atoms with Crippen LogP contribution in [0.1, 0.15) is 25.3 Å². The summed E-state index contributed by atoms with van der Waals surface area (Å²) >= 11 is 6.10. The van der Waals surface area contributed by atoms with E-state index < -0.39 is 15.9 Å². The highest BCUT2D eigenvalue weighted by atomic mass is 35.5.